The van der Waals surface area contributed by atoms with Gasteiger partial charge in [0.1, 0.15) is 0 Å². The minimum Gasteiger partial charge on any atom is -0.502 e. The van der Waals surface area contributed by atoms with E-state index in [2.05, 4.69) is 10.9 Å². The van der Waals surface area contributed by atoms with Gasteiger partial charge in [-0.2, -0.15) is 0 Å². The van der Waals surface area contributed by atoms with Gasteiger partial charge in [0.05, 0.1) is 0 Å². The first-order valence-electron chi connectivity index (χ1n) is 5.54. The lowest BCUT2D eigenvalue weighted by Gasteiger charge is -2.28. The van der Waals surface area contributed by atoms with E-state index in [0.717, 1.165) is 5.56 Å². The van der Waals surface area contributed by atoms with E-state index in [-0.39, 0.29) is 24.4 Å². The van der Waals surface area contributed by atoms with Crippen LogP contribution in [0, 0.1) is 12.3 Å². The maximum absolute atomic E-state index is 9.73. The Hall–Kier alpha value is -2.41. The van der Waals surface area contributed by atoms with Crippen LogP contribution in [0.1, 0.15) is 11.7 Å². The number of hydrogen-bond donors (Lipinski definition) is 1. The number of aliphatic hydroxyl groups excluding tert-OH is 1. The van der Waals surface area contributed by atoms with Gasteiger partial charge in [-0.15, -0.1) is 6.42 Å². The second-order valence-electron chi connectivity index (χ2n) is 3.89. The summed E-state index contributed by atoms with van der Waals surface area (Å²) < 4.78 is 5.21. The fourth-order valence-corrected chi connectivity index (χ4v) is 1.74. The highest BCUT2D eigenvalue weighted by atomic mass is 16.5. The molecule has 1 unspecified atom stereocenters. The van der Waals surface area contributed by atoms with Crippen LogP contribution in [0.25, 0.3) is 0 Å². The van der Waals surface area contributed by atoms with E-state index >= 15 is 0 Å². The quantitative estimate of drug-likeness (QED) is 0.807. The van der Waals surface area contributed by atoms with Gasteiger partial charge < -0.3 is 14.7 Å². The van der Waals surface area contributed by atoms with Crippen molar-refractivity contribution in [1.29, 1.82) is 0 Å². The summed E-state index contributed by atoms with van der Waals surface area (Å²) in [5.74, 6) is 2.51. The van der Waals surface area contributed by atoms with Crippen LogP contribution >= 0.6 is 0 Å². The Kier molecular flexibility index (Phi) is 3.54. The minimum atomic E-state index is -0.213. The van der Waals surface area contributed by atoms with E-state index in [4.69, 9.17) is 11.2 Å². The molecule has 0 aromatic heterocycles. The fraction of sp³-hybridized carbons (Fsp3) is 0.214. The lowest BCUT2D eigenvalue weighted by atomic mass is 10.1. The van der Waals surface area contributed by atoms with Gasteiger partial charge in [0.2, 0.25) is 0 Å². The van der Waals surface area contributed by atoms with Gasteiger partial charge >= 0.3 is 0 Å². The lowest BCUT2D eigenvalue weighted by molar-refractivity contribution is 0.266. The summed E-state index contributed by atoms with van der Waals surface area (Å²) in [6.45, 7) is 0.0853. The average molecular weight is 242 g/mol. The molecule has 1 aromatic rings. The van der Waals surface area contributed by atoms with E-state index < -0.39 is 0 Å². The molecule has 1 atom stereocenters. The van der Waals surface area contributed by atoms with Crippen molar-refractivity contribution in [2.75, 3.05) is 13.7 Å². The van der Waals surface area contributed by atoms with Gasteiger partial charge in [-0.05, 0) is 5.56 Å². The van der Waals surface area contributed by atoms with Gasteiger partial charge in [0.15, 0.2) is 18.5 Å². The Labute approximate surface area is 106 Å². The lowest BCUT2D eigenvalue weighted by Crippen LogP contribution is -2.26. The molecule has 92 valence electrons. The van der Waals surface area contributed by atoms with Crippen LogP contribution in [-0.2, 0) is 4.74 Å². The second kappa shape index (κ2) is 5.28. The standard InChI is InChI=1S/C14H14N2O2/c1-3-9-18-14-12(17)10-16(2)13(15-14)11-7-5-4-6-8-11/h1,4-8,10,13,17H,9H2,2H3. The first-order chi connectivity index (χ1) is 8.72. The maximum Gasteiger partial charge on any atom is 0.257 e. The molecule has 0 spiro atoms. The molecule has 0 bridgehead atoms. The van der Waals surface area contributed by atoms with Gasteiger partial charge in [0.25, 0.3) is 5.90 Å². The molecule has 1 aliphatic rings. The minimum absolute atomic E-state index is 0.0140. The largest absolute Gasteiger partial charge is 0.502 e. The van der Waals surface area contributed by atoms with Crippen molar-refractivity contribution in [3.63, 3.8) is 0 Å². The number of rotatable bonds is 2. The highest BCUT2D eigenvalue weighted by molar-refractivity contribution is 5.91. The number of aliphatic hydroxyl groups is 1. The number of nitrogens with zero attached hydrogens (tertiary/aromatic N) is 2. The smallest absolute Gasteiger partial charge is 0.257 e. The van der Waals surface area contributed by atoms with Crippen molar-refractivity contribution in [3.05, 3.63) is 47.9 Å². The molecule has 18 heavy (non-hydrogen) atoms. The van der Waals surface area contributed by atoms with Crippen LogP contribution in [0.15, 0.2) is 47.3 Å². The molecule has 0 aliphatic carbocycles. The van der Waals surface area contributed by atoms with E-state index in [1.807, 2.05) is 42.3 Å². The molecule has 0 amide bonds. The summed E-state index contributed by atoms with van der Waals surface area (Å²) in [7, 11) is 1.84. The topological polar surface area (TPSA) is 45.1 Å². The molecule has 0 fully saturated rings. The monoisotopic (exact) mass is 242 g/mol. The van der Waals surface area contributed by atoms with Crippen molar-refractivity contribution < 1.29 is 9.84 Å². The summed E-state index contributed by atoms with van der Waals surface area (Å²) in [5, 5.41) is 9.73. The van der Waals surface area contributed by atoms with Crippen molar-refractivity contribution in [3.8, 4) is 12.3 Å². The number of hydrogen-bond acceptors (Lipinski definition) is 4. The molecule has 2 rings (SSSR count). The molecule has 4 nitrogen and oxygen atoms in total. The van der Waals surface area contributed by atoms with Crippen LogP contribution in [0.3, 0.4) is 0 Å². The molecule has 1 heterocycles. The summed E-state index contributed by atoms with van der Waals surface area (Å²) >= 11 is 0. The Morgan fingerprint density at radius 3 is 2.83 bits per heavy atom. The molecule has 4 heteroatoms. The molecule has 0 radical (unpaired) electrons. The zero-order valence-electron chi connectivity index (χ0n) is 10.1. The van der Waals surface area contributed by atoms with Crippen LogP contribution in [-0.4, -0.2) is 29.6 Å². The first-order valence-corrected chi connectivity index (χ1v) is 5.54. The molecule has 0 saturated carbocycles. The number of terminal acetylenes is 1. The number of benzene rings is 1. The van der Waals surface area contributed by atoms with Crippen LogP contribution < -0.4 is 0 Å². The van der Waals surface area contributed by atoms with E-state index in [0.29, 0.717) is 0 Å². The van der Waals surface area contributed by atoms with Gasteiger partial charge in [-0.3, -0.25) is 0 Å². The summed E-state index contributed by atoms with van der Waals surface area (Å²) in [4.78, 5) is 6.17. The fourth-order valence-electron chi connectivity index (χ4n) is 1.74. The molecule has 0 saturated heterocycles. The molecular weight excluding hydrogens is 228 g/mol. The summed E-state index contributed by atoms with van der Waals surface area (Å²) in [6.07, 6.45) is 6.49. The Bertz CT molecular complexity index is 514. The van der Waals surface area contributed by atoms with Crippen LogP contribution in [0.4, 0.5) is 0 Å². The molecule has 1 aliphatic heterocycles. The third-order valence-corrected chi connectivity index (χ3v) is 2.56. The molecule has 1 N–H and O–H groups in total. The average Bonchev–Trinajstić information content (AvgIpc) is 2.39. The Balaban J connectivity index is 2.26. The molecular formula is C14H14N2O2. The Morgan fingerprint density at radius 1 is 1.44 bits per heavy atom. The maximum atomic E-state index is 9.73. The van der Waals surface area contributed by atoms with Gasteiger partial charge in [-0.1, -0.05) is 36.3 Å². The van der Waals surface area contributed by atoms with Crippen LogP contribution in [0.2, 0.25) is 0 Å². The highest BCUT2D eigenvalue weighted by Gasteiger charge is 2.22. The first kappa shape index (κ1) is 12.1. The van der Waals surface area contributed by atoms with Gasteiger partial charge in [-0.25, -0.2) is 4.99 Å². The third kappa shape index (κ3) is 2.46. The van der Waals surface area contributed by atoms with Crippen molar-refractivity contribution in [1.82, 2.24) is 4.90 Å². The second-order valence-corrected chi connectivity index (χ2v) is 3.89. The third-order valence-electron chi connectivity index (χ3n) is 2.56. The number of ether oxygens (including phenoxy) is 1. The predicted molar refractivity (Wildman–Crippen MR) is 69.9 cm³/mol. The van der Waals surface area contributed by atoms with Crippen LogP contribution in [0.5, 0.6) is 0 Å². The number of aliphatic imine (C=N–C) groups is 1. The van der Waals surface area contributed by atoms with E-state index in [1.54, 1.807) is 6.20 Å². The van der Waals surface area contributed by atoms with Crippen molar-refractivity contribution in [2.45, 2.75) is 6.17 Å². The summed E-state index contributed by atoms with van der Waals surface area (Å²) in [5.41, 5.74) is 1.02. The summed E-state index contributed by atoms with van der Waals surface area (Å²) in [6, 6.07) is 9.77. The van der Waals surface area contributed by atoms with Crippen molar-refractivity contribution in [2.24, 2.45) is 4.99 Å². The highest BCUT2D eigenvalue weighted by Crippen LogP contribution is 2.25. The Morgan fingerprint density at radius 2 is 2.17 bits per heavy atom. The van der Waals surface area contributed by atoms with E-state index in [1.165, 1.54) is 0 Å². The van der Waals surface area contributed by atoms with Crippen molar-refractivity contribution >= 4 is 5.90 Å². The normalized spacial score (nSPS) is 18.7. The predicted octanol–water partition coefficient (Wildman–Crippen LogP) is 2.08. The molecule has 1 aromatic carbocycles. The zero-order chi connectivity index (χ0) is 13.0. The van der Waals surface area contributed by atoms with E-state index in [9.17, 15) is 5.11 Å². The SMILES string of the molecule is C#CCOC1=NC(c2ccccc2)N(C)C=C1O. The zero-order valence-corrected chi connectivity index (χ0v) is 10.1. The van der Waals surface area contributed by atoms with Gasteiger partial charge in [0, 0.05) is 13.2 Å².